The Balaban J connectivity index is 1.73. The molecule has 1 amide bonds. The van der Waals surface area contributed by atoms with Gasteiger partial charge in [0.1, 0.15) is 18.7 Å². The number of amides is 1. The summed E-state index contributed by atoms with van der Waals surface area (Å²) in [4.78, 5) is 14.2. The fourth-order valence-electron chi connectivity index (χ4n) is 2.93. The lowest BCUT2D eigenvalue weighted by atomic mass is 10.00. The molecule has 0 unspecified atom stereocenters. The summed E-state index contributed by atoms with van der Waals surface area (Å²) in [5, 5.41) is 13.7. The highest BCUT2D eigenvalue weighted by molar-refractivity contribution is 6.30. The summed E-state index contributed by atoms with van der Waals surface area (Å²) in [5.41, 5.74) is 0.791. The Morgan fingerprint density at radius 2 is 2.35 bits per heavy atom. The first kappa shape index (κ1) is 15.8. The SMILES string of the molecule is CN1CC[C@H](NC(=O)Cn2cnnn2)[C@H]1c1ccc(Cl)c(F)c1. The van der Waals surface area contributed by atoms with Crippen LogP contribution in [0.3, 0.4) is 0 Å². The number of carbonyl (C=O) groups excluding carboxylic acids is 1. The number of rotatable bonds is 4. The number of nitrogens with zero attached hydrogens (tertiary/aromatic N) is 5. The molecule has 2 aromatic rings. The molecular weight excluding hydrogens is 323 g/mol. The molecule has 0 saturated carbocycles. The fraction of sp³-hybridized carbons (Fsp3) is 0.429. The lowest BCUT2D eigenvalue weighted by Gasteiger charge is -2.26. The smallest absolute Gasteiger partial charge is 0.242 e. The van der Waals surface area contributed by atoms with Crippen LogP contribution in [0.15, 0.2) is 24.5 Å². The number of hydrogen-bond acceptors (Lipinski definition) is 5. The molecule has 1 aromatic heterocycles. The van der Waals surface area contributed by atoms with Gasteiger partial charge in [-0.05, 0) is 41.6 Å². The Morgan fingerprint density at radius 3 is 3.04 bits per heavy atom. The lowest BCUT2D eigenvalue weighted by Crippen LogP contribution is -2.40. The van der Waals surface area contributed by atoms with Gasteiger partial charge in [0, 0.05) is 12.6 Å². The molecule has 1 aliphatic rings. The molecule has 7 nitrogen and oxygen atoms in total. The minimum atomic E-state index is -0.455. The van der Waals surface area contributed by atoms with Crippen molar-refractivity contribution in [3.8, 4) is 0 Å². The van der Waals surface area contributed by atoms with Crippen molar-refractivity contribution in [2.75, 3.05) is 13.6 Å². The molecule has 0 radical (unpaired) electrons. The number of hydrogen-bond donors (Lipinski definition) is 1. The summed E-state index contributed by atoms with van der Waals surface area (Å²) in [5.74, 6) is -0.639. The molecule has 23 heavy (non-hydrogen) atoms. The van der Waals surface area contributed by atoms with E-state index in [-0.39, 0.29) is 29.6 Å². The van der Waals surface area contributed by atoms with E-state index in [4.69, 9.17) is 11.6 Å². The summed E-state index contributed by atoms with van der Waals surface area (Å²) in [6.07, 6.45) is 2.17. The molecule has 0 bridgehead atoms. The van der Waals surface area contributed by atoms with Crippen LogP contribution in [-0.4, -0.2) is 50.6 Å². The minimum Gasteiger partial charge on any atom is -0.350 e. The molecule has 2 heterocycles. The molecule has 0 aliphatic carbocycles. The van der Waals surface area contributed by atoms with Gasteiger partial charge >= 0.3 is 0 Å². The van der Waals surface area contributed by atoms with E-state index in [1.165, 1.54) is 17.1 Å². The molecule has 1 N–H and O–H groups in total. The van der Waals surface area contributed by atoms with Gasteiger partial charge in [-0.1, -0.05) is 17.7 Å². The van der Waals surface area contributed by atoms with Crippen LogP contribution in [0.5, 0.6) is 0 Å². The molecule has 0 spiro atoms. The summed E-state index contributed by atoms with van der Waals surface area (Å²) in [7, 11) is 1.95. The number of aromatic nitrogens is 4. The minimum absolute atomic E-state index is 0.0505. The van der Waals surface area contributed by atoms with Crippen LogP contribution < -0.4 is 5.32 Å². The monoisotopic (exact) mass is 338 g/mol. The van der Waals surface area contributed by atoms with Crippen molar-refractivity contribution in [2.45, 2.75) is 25.0 Å². The predicted octanol–water partition coefficient (Wildman–Crippen LogP) is 1.03. The van der Waals surface area contributed by atoms with E-state index in [0.717, 1.165) is 18.5 Å². The zero-order valence-corrected chi connectivity index (χ0v) is 13.2. The van der Waals surface area contributed by atoms with E-state index in [2.05, 4.69) is 25.7 Å². The van der Waals surface area contributed by atoms with E-state index < -0.39 is 5.82 Å². The van der Waals surface area contributed by atoms with E-state index in [9.17, 15) is 9.18 Å². The molecule has 122 valence electrons. The summed E-state index contributed by atoms with van der Waals surface area (Å²) < 4.78 is 15.1. The topological polar surface area (TPSA) is 75.9 Å². The fourth-order valence-corrected chi connectivity index (χ4v) is 3.05. The van der Waals surface area contributed by atoms with Crippen LogP contribution in [0.4, 0.5) is 4.39 Å². The van der Waals surface area contributed by atoms with Gasteiger partial charge in [0.2, 0.25) is 5.91 Å². The van der Waals surface area contributed by atoms with E-state index in [0.29, 0.717) is 0 Å². The second kappa shape index (κ2) is 6.59. The van der Waals surface area contributed by atoms with E-state index >= 15 is 0 Å². The van der Waals surface area contributed by atoms with Crippen LogP contribution in [0, 0.1) is 5.82 Å². The van der Waals surface area contributed by atoms with Gasteiger partial charge in [0.25, 0.3) is 0 Å². The quantitative estimate of drug-likeness (QED) is 0.901. The molecule has 2 atom stereocenters. The standard InChI is InChI=1S/C14H16ClFN6O/c1-21-5-4-12(18-13(23)7-22-8-17-19-20-22)14(21)9-2-3-10(15)11(16)6-9/h2-3,6,8,12,14H,4-5,7H2,1H3,(H,18,23)/t12-,14+/m0/s1. The van der Waals surface area contributed by atoms with Gasteiger partial charge in [-0.3, -0.25) is 9.69 Å². The average molecular weight is 339 g/mol. The first-order valence-electron chi connectivity index (χ1n) is 7.20. The van der Waals surface area contributed by atoms with Gasteiger partial charge < -0.3 is 5.32 Å². The Bertz CT molecular complexity index is 695. The average Bonchev–Trinajstić information content (AvgIpc) is 3.12. The van der Waals surface area contributed by atoms with Crippen LogP contribution in [0.25, 0.3) is 0 Å². The van der Waals surface area contributed by atoms with Crippen LogP contribution >= 0.6 is 11.6 Å². The van der Waals surface area contributed by atoms with E-state index in [1.807, 2.05) is 7.05 Å². The molecule has 3 rings (SSSR count). The Morgan fingerprint density at radius 1 is 1.52 bits per heavy atom. The van der Waals surface area contributed by atoms with E-state index in [1.54, 1.807) is 12.1 Å². The van der Waals surface area contributed by atoms with Gasteiger partial charge in [-0.2, -0.15) is 0 Å². The third kappa shape index (κ3) is 3.48. The van der Waals surface area contributed by atoms with Gasteiger partial charge in [0.05, 0.1) is 11.1 Å². The van der Waals surface area contributed by atoms with Crippen molar-refractivity contribution in [2.24, 2.45) is 0 Å². The highest BCUT2D eigenvalue weighted by Gasteiger charge is 2.34. The van der Waals surface area contributed by atoms with Gasteiger partial charge in [0.15, 0.2) is 0 Å². The number of benzene rings is 1. The molecular formula is C14H16ClFN6O. The van der Waals surface area contributed by atoms with Gasteiger partial charge in [-0.15, -0.1) is 5.10 Å². The number of halogens is 2. The number of likely N-dealkylation sites (tertiary alicyclic amines) is 1. The second-order valence-corrected chi connectivity index (χ2v) is 5.98. The number of likely N-dealkylation sites (N-methyl/N-ethyl adjacent to an activating group) is 1. The first-order valence-corrected chi connectivity index (χ1v) is 7.57. The molecule has 1 fully saturated rings. The largest absolute Gasteiger partial charge is 0.350 e. The lowest BCUT2D eigenvalue weighted by molar-refractivity contribution is -0.122. The maximum atomic E-state index is 13.7. The van der Waals surface area contributed by atoms with Crippen molar-refractivity contribution in [3.63, 3.8) is 0 Å². The molecule has 1 saturated heterocycles. The third-order valence-electron chi connectivity index (χ3n) is 3.98. The summed E-state index contributed by atoms with van der Waals surface area (Å²) in [6, 6.07) is 4.55. The van der Waals surface area contributed by atoms with Crippen molar-refractivity contribution < 1.29 is 9.18 Å². The maximum absolute atomic E-state index is 13.7. The Kier molecular flexibility index (Phi) is 4.53. The van der Waals surface area contributed by atoms with Gasteiger partial charge in [-0.25, -0.2) is 9.07 Å². The van der Waals surface area contributed by atoms with Crippen LogP contribution in [-0.2, 0) is 11.3 Å². The van der Waals surface area contributed by atoms with Crippen LogP contribution in [0.1, 0.15) is 18.0 Å². The maximum Gasteiger partial charge on any atom is 0.242 e. The zero-order chi connectivity index (χ0) is 16.4. The van der Waals surface area contributed by atoms with Crippen molar-refractivity contribution in [1.82, 2.24) is 30.4 Å². The molecule has 1 aliphatic heterocycles. The van der Waals surface area contributed by atoms with Crippen molar-refractivity contribution in [1.29, 1.82) is 0 Å². The second-order valence-electron chi connectivity index (χ2n) is 5.57. The van der Waals surface area contributed by atoms with Crippen LogP contribution in [0.2, 0.25) is 5.02 Å². The number of nitrogens with one attached hydrogen (secondary N) is 1. The zero-order valence-electron chi connectivity index (χ0n) is 12.5. The summed E-state index contributed by atoms with van der Waals surface area (Å²) >= 11 is 5.74. The predicted molar refractivity (Wildman–Crippen MR) is 81.1 cm³/mol. The molecule has 1 aromatic carbocycles. The van der Waals surface area contributed by atoms with Crippen molar-refractivity contribution >= 4 is 17.5 Å². The summed E-state index contributed by atoms with van der Waals surface area (Å²) in [6.45, 7) is 0.861. The Hall–Kier alpha value is -2.06. The highest BCUT2D eigenvalue weighted by atomic mass is 35.5. The number of tetrazole rings is 1. The number of carbonyl (C=O) groups is 1. The normalized spacial score (nSPS) is 21.5. The Labute approximate surface area is 137 Å². The highest BCUT2D eigenvalue weighted by Crippen LogP contribution is 2.32. The third-order valence-corrected chi connectivity index (χ3v) is 4.28. The van der Waals surface area contributed by atoms with Crippen molar-refractivity contribution in [3.05, 3.63) is 40.9 Å². The molecule has 9 heteroatoms. The first-order chi connectivity index (χ1) is 11.0.